The smallest absolute Gasteiger partial charge is 0.335 e. The SMILES string of the molecule is CSCCC(NS(=O)(=O)c1ccc(C)cc1)C(=O)N(C)CC(F)(F)F. The average molecular weight is 398 g/mol. The molecule has 1 amide bonds. The Morgan fingerprint density at radius 2 is 1.84 bits per heavy atom. The zero-order chi connectivity index (χ0) is 19.3. The number of amides is 1. The fraction of sp³-hybridized carbons (Fsp3) is 0.533. The number of sulfonamides is 1. The number of likely N-dealkylation sites (N-methyl/N-ethyl adjacent to an activating group) is 1. The van der Waals surface area contributed by atoms with Crippen molar-refractivity contribution in [2.24, 2.45) is 0 Å². The number of benzene rings is 1. The summed E-state index contributed by atoms with van der Waals surface area (Å²) in [7, 11) is -3.01. The lowest BCUT2D eigenvalue weighted by molar-refractivity contribution is -0.159. The van der Waals surface area contributed by atoms with Crippen molar-refractivity contribution in [1.29, 1.82) is 0 Å². The Hall–Kier alpha value is -1.26. The van der Waals surface area contributed by atoms with Gasteiger partial charge >= 0.3 is 6.18 Å². The van der Waals surface area contributed by atoms with Gasteiger partial charge in [0, 0.05) is 7.05 Å². The molecule has 1 aromatic rings. The minimum absolute atomic E-state index is 0.0430. The van der Waals surface area contributed by atoms with E-state index in [4.69, 9.17) is 0 Å². The van der Waals surface area contributed by atoms with E-state index in [9.17, 15) is 26.4 Å². The van der Waals surface area contributed by atoms with Crippen molar-refractivity contribution in [1.82, 2.24) is 9.62 Å². The zero-order valence-corrected chi connectivity index (χ0v) is 15.8. The highest BCUT2D eigenvalue weighted by atomic mass is 32.2. The van der Waals surface area contributed by atoms with Crippen LogP contribution >= 0.6 is 11.8 Å². The second kappa shape index (κ2) is 8.91. The van der Waals surface area contributed by atoms with Gasteiger partial charge in [-0.15, -0.1) is 0 Å². The molecule has 0 bridgehead atoms. The number of thioether (sulfide) groups is 1. The van der Waals surface area contributed by atoms with Gasteiger partial charge in [0.05, 0.1) is 4.90 Å². The van der Waals surface area contributed by atoms with Crippen molar-refractivity contribution in [3.05, 3.63) is 29.8 Å². The summed E-state index contributed by atoms with van der Waals surface area (Å²) in [4.78, 5) is 12.7. The van der Waals surface area contributed by atoms with Gasteiger partial charge in [0.25, 0.3) is 0 Å². The average Bonchev–Trinajstić information content (AvgIpc) is 2.49. The third kappa shape index (κ3) is 7.25. The molecule has 0 fully saturated rings. The number of hydrogen-bond donors (Lipinski definition) is 1. The van der Waals surface area contributed by atoms with E-state index in [-0.39, 0.29) is 11.3 Å². The summed E-state index contributed by atoms with van der Waals surface area (Å²) in [5.74, 6) is -0.491. The lowest BCUT2D eigenvalue weighted by Crippen LogP contribution is -2.49. The van der Waals surface area contributed by atoms with Crippen LogP contribution in [0.25, 0.3) is 0 Å². The summed E-state index contributed by atoms with van der Waals surface area (Å²) in [5, 5.41) is 0. The molecule has 0 saturated heterocycles. The van der Waals surface area contributed by atoms with Crippen LogP contribution in [0.5, 0.6) is 0 Å². The van der Waals surface area contributed by atoms with E-state index in [0.717, 1.165) is 12.6 Å². The molecule has 1 rings (SSSR count). The van der Waals surface area contributed by atoms with Crippen LogP contribution in [0.2, 0.25) is 0 Å². The summed E-state index contributed by atoms with van der Waals surface area (Å²) in [6.45, 7) is 0.356. The van der Waals surface area contributed by atoms with Crippen molar-refractivity contribution in [2.75, 3.05) is 25.6 Å². The van der Waals surface area contributed by atoms with Gasteiger partial charge in [0.2, 0.25) is 15.9 Å². The van der Waals surface area contributed by atoms with Gasteiger partial charge in [-0.25, -0.2) is 8.42 Å². The van der Waals surface area contributed by atoms with E-state index in [1.807, 2.05) is 0 Å². The lowest BCUT2D eigenvalue weighted by Gasteiger charge is -2.25. The van der Waals surface area contributed by atoms with Crippen LogP contribution in [0.4, 0.5) is 13.2 Å². The summed E-state index contributed by atoms with van der Waals surface area (Å²) in [5.41, 5.74) is 0.860. The molecule has 0 aliphatic rings. The summed E-state index contributed by atoms with van der Waals surface area (Å²) >= 11 is 1.37. The lowest BCUT2D eigenvalue weighted by atomic mass is 10.2. The third-order valence-electron chi connectivity index (χ3n) is 3.33. The van der Waals surface area contributed by atoms with Crippen molar-refractivity contribution in [3.8, 4) is 0 Å². The molecule has 1 N–H and O–H groups in total. The van der Waals surface area contributed by atoms with Crippen LogP contribution in [0.3, 0.4) is 0 Å². The van der Waals surface area contributed by atoms with Crippen LogP contribution in [0.1, 0.15) is 12.0 Å². The van der Waals surface area contributed by atoms with Crippen LogP contribution in [-0.2, 0) is 14.8 Å². The molecule has 1 atom stereocenters. The first-order valence-electron chi connectivity index (χ1n) is 7.36. The first-order chi connectivity index (χ1) is 11.5. The topological polar surface area (TPSA) is 66.5 Å². The highest BCUT2D eigenvalue weighted by molar-refractivity contribution is 7.98. The Bertz CT molecular complexity index is 676. The predicted octanol–water partition coefficient (Wildman–Crippen LogP) is 2.42. The van der Waals surface area contributed by atoms with E-state index in [0.29, 0.717) is 10.7 Å². The normalized spacial score (nSPS) is 13.5. The van der Waals surface area contributed by atoms with Crippen LogP contribution in [-0.4, -0.2) is 57.0 Å². The number of carbonyl (C=O) groups excluding carboxylic acids is 1. The largest absolute Gasteiger partial charge is 0.406 e. The number of aryl methyl sites for hydroxylation is 1. The molecule has 1 unspecified atom stereocenters. The molecule has 0 aliphatic heterocycles. The zero-order valence-electron chi connectivity index (χ0n) is 14.1. The minimum atomic E-state index is -4.55. The molecule has 0 saturated carbocycles. The predicted molar refractivity (Wildman–Crippen MR) is 92.0 cm³/mol. The molecule has 0 aromatic heterocycles. The van der Waals surface area contributed by atoms with E-state index in [1.165, 1.54) is 23.9 Å². The van der Waals surface area contributed by atoms with Gasteiger partial charge in [-0.1, -0.05) is 17.7 Å². The molecule has 1 aromatic carbocycles. The van der Waals surface area contributed by atoms with Crippen molar-refractivity contribution >= 4 is 27.7 Å². The third-order valence-corrected chi connectivity index (χ3v) is 5.46. The number of nitrogens with zero attached hydrogens (tertiary/aromatic N) is 1. The summed E-state index contributed by atoms with van der Waals surface area (Å²) < 4.78 is 64.5. The van der Waals surface area contributed by atoms with Gasteiger partial charge in [-0.2, -0.15) is 29.7 Å². The highest BCUT2D eigenvalue weighted by Gasteiger charge is 2.34. The van der Waals surface area contributed by atoms with Crippen LogP contribution < -0.4 is 4.72 Å². The van der Waals surface area contributed by atoms with Crippen LogP contribution in [0, 0.1) is 6.92 Å². The standard InChI is InChI=1S/C15H21F3N2O3S2/c1-11-4-6-12(7-5-11)25(22,23)19-13(8-9-24-3)14(21)20(2)10-15(16,17)18/h4-7,13,19H,8-10H2,1-3H3. The molecular formula is C15H21F3N2O3S2. The van der Waals surface area contributed by atoms with E-state index >= 15 is 0 Å². The summed E-state index contributed by atoms with van der Waals surface area (Å²) in [6.07, 6.45) is -2.70. The van der Waals surface area contributed by atoms with Gasteiger partial charge in [-0.05, 0) is 37.5 Å². The van der Waals surface area contributed by atoms with Gasteiger partial charge in [0.1, 0.15) is 12.6 Å². The Labute approximate surface area is 150 Å². The molecule has 25 heavy (non-hydrogen) atoms. The molecule has 0 spiro atoms. The van der Waals surface area contributed by atoms with E-state index < -0.39 is 34.7 Å². The molecular weight excluding hydrogens is 377 g/mol. The second-order valence-electron chi connectivity index (χ2n) is 5.58. The van der Waals surface area contributed by atoms with Gasteiger partial charge < -0.3 is 4.90 Å². The fourth-order valence-corrected chi connectivity index (χ4v) is 3.75. The van der Waals surface area contributed by atoms with Crippen molar-refractivity contribution < 1.29 is 26.4 Å². The van der Waals surface area contributed by atoms with Gasteiger partial charge in [-0.3, -0.25) is 4.79 Å². The maximum atomic E-state index is 12.5. The van der Waals surface area contributed by atoms with Crippen molar-refractivity contribution in [2.45, 2.75) is 30.5 Å². The summed E-state index contributed by atoms with van der Waals surface area (Å²) in [6, 6.07) is 4.71. The number of nitrogens with one attached hydrogen (secondary N) is 1. The van der Waals surface area contributed by atoms with Gasteiger partial charge in [0.15, 0.2) is 0 Å². The van der Waals surface area contributed by atoms with Crippen LogP contribution in [0.15, 0.2) is 29.2 Å². The molecule has 142 valence electrons. The molecule has 10 heteroatoms. The first kappa shape index (κ1) is 21.8. The monoisotopic (exact) mass is 398 g/mol. The second-order valence-corrected chi connectivity index (χ2v) is 8.28. The number of carbonyl (C=O) groups is 1. The Balaban J connectivity index is 2.98. The first-order valence-corrected chi connectivity index (χ1v) is 10.2. The molecule has 0 heterocycles. The Morgan fingerprint density at radius 3 is 2.32 bits per heavy atom. The number of rotatable bonds is 8. The number of halogens is 3. The number of hydrogen-bond acceptors (Lipinski definition) is 4. The van der Waals surface area contributed by atoms with Crippen molar-refractivity contribution in [3.63, 3.8) is 0 Å². The minimum Gasteiger partial charge on any atom is -0.335 e. The molecule has 5 nitrogen and oxygen atoms in total. The highest BCUT2D eigenvalue weighted by Crippen LogP contribution is 2.18. The fourth-order valence-electron chi connectivity index (χ4n) is 2.05. The quantitative estimate of drug-likeness (QED) is 0.730. The molecule has 0 aliphatic carbocycles. The maximum Gasteiger partial charge on any atom is 0.406 e. The van der Waals surface area contributed by atoms with E-state index in [1.54, 1.807) is 25.3 Å². The molecule has 0 radical (unpaired) electrons. The Kier molecular flexibility index (Phi) is 7.76. The number of alkyl halides is 3. The van der Waals surface area contributed by atoms with E-state index in [2.05, 4.69) is 4.72 Å². The maximum absolute atomic E-state index is 12.5. The Morgan fingerprint density at radius 1 is 1.28 bits per heavy atom.